The molecule has 0 unspecified atom stereocenters. The van der Waals surface area contributed by atoms with Gasteiger partial charge in [0.05, 0.1) is 6.61 Å². The quantitative estimate of drug-likeness (QED) is 0.649. The van der Waals surface area contributed by atoms with Gasteiger partial charge in [0, 0.05) is 31.7 Å². The van der Waals surface area contributed by atoms with Crippen molar-refractivity contribution in [2.75, 3.05) is 26.3 Å². The second-order valence-electron chi connectivity index (χ2n) is 4.84. The third-order valence-electron chi connectivity index (χ3n) is 2.52. The van der Waals surface area contributed by atoms with Gasteiger partial charge in [-0.1, -0.05) is 13.8 Å². The van der Waals surface area contributed by atoms with Crippen LogP contribution in [0.2, 0.25) is 0 Å². The fourth-order valence-corrected chi connectivity index (χ4v) is 1.61. The molecule has 0 saturated carbocycles. The molecule has 78 valence electrons. The maximum absolute atomic E-state index is 5.60. The van der Waals surface area contributed by atoms with Gasteiger partial charge >= 0.3 is 0 Å². The summed E-state index contributed by atoms with van der Waals surface area (Å²) in [7, 11) is 0. The first kappa shape index (κ1) is 11.0. The Hall–Kier alpha value is -0.0800. The van der Waals surface area contributed by atoms with Crippen LogP contribution in [0, 0.1) is 11.8 Å². The summed E-state index contributed by atoms with van der Waals surface area (Å²) in [6.07, 6.45) is 0. The molecule has 13 heavy (non-hydrogen) atoms. The molecule has 2 nitrogen and oxygen atoms in total. The van der Waals surface area contributed by atoms with E-state index >= 15 is 0 Å². The lowest BCUT2D eigenvalue weighted by Gasteiger charge is -2.42. The van der Waals surface area contributed by atoms with E-state index in [1.165, 1.54) is 13.1 Å². The number of hydrogen-bond donors (Lipinski definition) is 0. The molecule has 0 amide bonds. The van der Waals surface area contributed by atoms with E-state index in [4.69, 9.17) is 4.74 Å². The van der Waals surface area contributed by atoms with Gasteiger partial charge in [0.1, 0.15) is 0 Å². The highest BCUT2D eigenvalue weighted by Crippen LogP contribution is 2.18. The summed E-state index contributed by atoms with van der Waals surface area (Å²) >= 11 is 0. The maximum Gasteiger partial charge on any atom is 0.0518 e. The molecule has 1 aliphatic rings. The summed E-state index contributed by atoms with van der Waals surface area (Å²) in [5, 5.41) is 0. The monoisotopic (exact) mass is 185 g/mol. The Labute approximate surface area is 82.3 Å². The predicted molar refractivity (Wildman–Crippen MR) is 55.9 cm³/mol. The number of ether oxygens (including phenoxy) is 1. The molecular weight excluding hydrogens is 162 g/mol. The zero-order chi connectivity index (χ0) is 9.84. The SMILES string of the molecule is CC(C)COCC1CN(C(C)C)C1. The van der Waals surface area contributed by atoms with E-state index in [2.05, 4.69) is 32.6 Å². The van der Waals surface area contributed by atoms with Gasteiger partial charge in [0.15, 0.2) is 0 Å². The average Bonchev–Trinajstić information content (AvgIpc) is 1.92. The lowest BCUT2D eigenvalue weighted by Crippen LogP contribution is -2.51. The Morgan fingerprint density at radius 1 is 1.23 bits per heavy atom. The second-order valence-corrected chi connectivity index (χ2v) is 4.84. The Morgan fingerprint density at radius 2 is 1.85 bits per heavy atom. The summed E-state index contributed by atoms with van der Waals surface area (Å²) < 4.78 is 5.60. The van der Waals surface area contributed by atoms with Crippen LogP contribution < -0.4 is 0 Å². The van der Waals surface area contributed by atoms with Gasteiger partial charge in [-0.25, -0.2) is 0 Å². The highest BCUT2D eigenvalue weighted by atomic mass is 16.5. The highest BCUT2D eigenvalue weighted by Gasteiger charge is 2.28. The number of hydrogen-bond acceptors (Lipinski definition) is 2. The van der Waals surface area contributed by atoms with Crippen LogP contribution in [-0.4, -0.2) is 37.2 Å². The first-order chi connectivity index (χ1) is 6.09. The van der Waals surface area contributed by atoms with Gasteiger partial charge < -0.3 is 9.64 Å². The van der Waals surface area contributed by atoms with E-state index in [0.717, 1.165) is 19.1 Å². The first-order valence-corrected chi connectivity index (χ1v) is 5.41. The fourth-order valence-electron chi connectivity index (χ4n) is 1.61. The summed E-state index contributed by atoms with van der Waals surface area (Å²) in [5.74, 6) is 1.46. The average molecular weight is 185 g/mol. The van der Waals surface area contributed by atoms with Crippen LogP contribution >= 0.6 is 0 Å². The van der Waals surface area contributed by atoms with Crippen molar-refractivity contribution in [1.29, 1.82) is 0 Å². The van der Waals surface area contributed by atoms with Crippen molar-refractivity contribution in [1.82, 2.24) is 4.90 Å². The molecule has 0 aromatic heterocycles. The molecule has 1 saturated heterocycles. The molecule has 2 heteroatoms. The van der Waals surface area contributed by atoms with E-state index in [0.29, 0.717) is 12.0 Å². The Balaban J connectivity index is 1.96. The Kier molecular flexibility index (Phi) is 4.20. The summed E-state index contributed by atoms with van der Waals surface area (Å²) in [6, 6.07) is 0.710. The number of rotatable bonds is 5. The minimum atomic E-state index is 0.668. The molecule has 0 aromatic rings. The minimum absolute atomic E-state index is 0.668. The van der Waals surface area contributed by atoms with Crippen molar-refractivity contribution in [3.63, 3.8) is 0 Å². The zero-order valence-electron chi connectivity index (χ0n) is 9.42. The van der Waals surface area contributed by atoms with Crippen molar-refractivity contribution >= 4 is 0 Å². The Bertz CT molecular complexity index is 139. The Morgan fingerprint density at radius 3 is 2.31 bits per heavy atom. The normalized spacial score (nSPS) is 19.8. The van der Waals surface area contributed by atoms with E-state index in [1.54, 1.807) is 0 Å². The molecule has 0 bridgehead atoms. The second kappa shape index (κ2) is 4.97. The van der Waals surface area contributed by atoms with Crippen LogP contribution in [-0.2, 0) is 4.74 Å². The molecule has 1 fully saturated rings. The van der Waals surface area contributed by atoms with Crippen molar-refractivity contribution in [2.45, 2.75) is 33.7 Å². The summed E-state index contributed by atoms with van der Waals surface area (Å²) in [4.78, 5) is 2.49. The molecule has 1 aliphatic heterocycles. The van der Waals surface area contributed by atoms with Crippen molar-refractivity contribution in [3.8, 4) is 0 Å². The lowest BCUT2D eigenvalue weighted by atomic mass is 9.99. The van der Waals surface area contributed by atoms with E-state index < -0.39 is 0 Å². The summed E-state index contributed by atoms with van der Waals surface area (Å²) in [5.41, 5.74) is 0. The highest BCUT2D eigenvalue weighted by molar-refractivity contribution is 4.81. The lowest BCUT2D eigenvalue weighted by molar-refractivity contribution is -0.00706. The first-order valence-electron chi connectivity index (χ1n) is 5.41. The molecule has 0 aliphatic carbocycles. The largest absolute Gasteiger partial charge is 0.381 e. The van der Waals surface area contributed by atoms with Crippen LogP contribution in [0.4, 0.5) is 0 Å². The van der Waals surface area contributed by atoms with E-state index in [-0.39, 0.29) is 0 Å². The van der Waals surface area contributed by atoms with Gasteiger partial charge in [-0.05, 0) is 19.8 Å². The van der Waals surface area contributed by atoms with Gasteiger partial charge in [0.25, 0.3) is 0 Å². The van der Waals surface area contributed by atoms with E-state index in [9.17, 15) is 0 Å². The fraction of sp³-hybridized carbons (Fsp3) is 1.00. The van der Waals surface area contributed by atoms with Crippen molar-refractivity contribution in [3.05, 3.63) is 0 Å². The third kappa shape index (κ3) is 3.65. The van der Waals surface area contributed by atoms with Gasteiger partial charge in [-0.3, -0.25) is 0 Å². The molecule has 0 aromatic carbocycles. The van der Waals surface area contributed by atoms with E-state index in [1.807, 2.05) is 0 Å². The van der Waals surface area contributed by atoms with Crippen LogP contribution in [0.1, 0.15) is 27.7 Å². The molecular formula is C11H23NO. The molecule has 0 N–H and O–H groups in total. The third-order valence-corrected chi connectivity index (χ3v) is 2.52. The number of likely N-dealkylation sites (tertiary alicyclic amines) is 1. The predicted octanol–water partition coefficient (Wildman–Crippen LogP) is 2.00. The smallest absolute Gasteiger partial charge is 0.0518 e. The number of nitrogens with zero attached hydrogens (tertiary/aromatic N) is 1. The standard InChI is InChI=1S/C11H23NO/c1-9(2)7-13-8-11-5-12(6-11)10(3)4/h9-11H,5-8H2,1-4H3. The van der Waals surface area contributed by atoms with Crippen LogP contribution in [0.25, 0.3) is 0 Å². The topological polar surface area (TPSA) is 12.5 Å². The van der Waals surface area contributed by atoms with Gasteiger partial charge in [0.2, 0.25) is 0 Å². The minimum Gasteiger partial charge on any atom is -0.381 e. The molecule has 1 heterocycles. The molecule has 1 rings (SSSR count). The maximum atomic E-state index is 5.60. The summed E-state index contributed by atoms with van der Waals surface area (Å²) in [6.45, 7) is 13.2. The molecule has 0 atom stereocenters. The van der Waals surface area contributed by atoms with Crippen molar-refractivity contribution < 1.29 is 4.74 Å². The van der Waals surface area contributed by atoms with Gasteiger partial charge in [-0.2, -0.15) is 0 Å². The van der Waals surface area contributed by atoms with Gasteiger partial charge in [-0.15, -0.1) is 0 Å². The zero-order valence-corrected chi connectivity index (χ0v) is 9.42. The van der Waals surface area contributed by atoms with Crippen LogP contribution in [0.15, 0.2) is 0 Å². The molecule has 0 spiro atoms. The van der Waals surface area contributed by atoms with Crippen LogP contribution in [0.3, 0.4) is 0 Å². The van der Waals surface area contributed by atoms with Crippen LogP contribution in [0.5, 0.6) is 0 Å². The van der Waals surface area contributed by atoms with Crippen molar-refractivity contribution in [2.24, 2.45) is 11.8 Å². The molecule has 0 radical (unpaired) electrons.